The lowest BCUT2D eigenvalue weighted by molar-refractivity contribution is -0.139. The zero-order valence-corrected chi connectivity index (χ0v) is 21.6. The van der Waals surface area contributed by atoms with Crippen LogP contribution in [0.4, 0.5) is 21.7 Å². The minimum Gasteiger partial charge on any atom is -0.384 e. The van der Waals surface area contributed by atoms with Crippen LogP contribution in [0.1, 0.15) is 63.5 Å². The van der Waals surface area contributed by atoms with E-state index in [1.54, 1.807) is 32.2 Å². The summed E-state index contributed by atoms with van der Waals surface area (Å²) in [6.07, 6.45) is 6.76. The van der Waals surface area contributed by atoms with Crippen molar-refractivity contribution in [1.82, 2.24) is 20.5 Å². The number of nitrogens with zero attached hydrogens (tertiary/aromatic N) is 3. The summed E-state index contributed by atoms with van der Waals surface area (Å²) in [5.41, 5.74) is 7.55. The van der Waals surface area contributed by atoms with E-state index < -0.39 is 12.1 Å². The summed E-state index contributed by atoms with van der Waals surface area (Å²) in [6, 6.07) is 8.23. The highest BCUT2D eigenvalue weighted by Crippen LogP contribution is 2.37. The third-order valence-corrected chi connectivity index (χ3v) is 7.64. The molecule has 0 bridgehead atoms. The summed E-state index contributed by atoms with van der Waals surface area (Å²) in [7, 11) is 1.73. The van der Waals surface area contributed by atoms with Crippen molar-refractivity contribution in [3.05, 3.63) is 47.8 Å². The predicted octanol–water partition coefficient (Wildman–Crippen LogP) is 3.15. The Hall–Kier alpha value is -3.24. The van der Waals surface area contributed by atoms with Gasteiger partial charge in [0.2, 0.25) is 11.8 Å². The number of hydrogen-bond acceptors (Lipinski definition) is 7. The summed E-state index contributed by atoms with van der Waals surface area (Å²) in [5.74, 6) is 6.52. The number of halogens is 1. The van der Waals surface area contributed by atoms with Crippen LogP contribution in [0.25, 0.3) is 0 Å². The monoisotopic (exact) mass is 511 g/mol. The summed E-state index contributed by atoms with van der Waals surface area (Å²) in [4.78, 5) is 33.1. The van der Waals surface area contributed by atoms with E-state index in [2.05, 4.69) is 15.6 Å². The average Bonchev–Trinajstić information content (AvgIpc) is 3.41. The number of anilines is 3. The van der Waals surface area contributed by atoms with Gasteiger partial charge in [0, 0.05) is 6.54 Å². The lowest BCUT2D eigenvalue weighted by Crippen LogP contribution is -2.55. The molecule has 0 radical (unpaired) electrons. The van der Waals surface area contributed by atoms with Gasteiger partial charge in [0.15, 0.2) is 0 Å². The van der Waals surface area contributed by atoms with Crippen LogP contribution >= 0.6 is 0 Å². The van der Waals surface area contributed by atoms with Gasteiger partial charge >= 0.3 is 0 Å². The van der Waals surface area contributed by atoms with E-state index in [9.17, 15) is 14.0 Å². The number of aromatic nitrogens is 1. The molecule has 1 aliphatic carbocycles. The smallest absolute Gasteiger partial charge is 0.245 e. The van der Waals surface area contributed by atoms with Crippen molar-refractivity contribution in [3.8, 4) is 0 Å². The lowest BCUT2D eigenvalue weighted by Gasteiger charge is -2.35. The number of rotatable bonds is 8. The zero-order valence-electron chi connectivity index (χ0n) is 21.6. The number of nitrogen functional groups attached to an aromatic ring is 1. The third-order valence-electron chi connectivity index (χ3n) is 7.64. The highest BCUT2D eigenvalue weighted by Gasteiger charge is 2.39. The van der Waals surface area contributed by atoms with Gasteiger partial charge in [-0.05, 0) is 87.5 Å². The van der Waals surface area contributed by atoms with Gasteiger partial charge in [-0.2, -0.15) is 0 Å². The number of carbonyl (C=O) groups excluding carboxylic acids is 2. The normalized spacial score (nSPS) is 19.9. The molecule has 2 amide bonds. The molecule has 2 heterocycles. The molecule has 1 aromatic carbocycles. The first-order valence-electron chi connectivity index (χ1n) is 13.1. The number of nitrogens with one attached hydrogen (secondary N) is 2. The number of hydrazine groups is 1. The molecule has 4 rings (SSSR count). The first kappa shape index (κ1) is 26.8. The standard InChI is InChI=1S/C27H38FN7O2/c1-17(31-2)26(36)33-25(18-7-4-3-5-8-18)27(37)34-14-6-9-22(34)19-15-23(29)32-24(16-19)35(30)21-12-10-20(28)11-13-21/h10-13,15-18,22,25,31H,3-9,14,30H2,1-2H3,(H2,29,32)(H,33,36)/t17?,22?,25-/m0/s1. The maximum Gasteiger partial charge on any atom is 0.245 e. The molecule has 1 aliphatic heterocycles. The van der Waals surface area contributed by atoms with Crippen LogP contribution in [0.3, 0.4) is 0 Å². The van der Waals surface area contributed by atoms with Crippen LogP contribution in [0.15, 0.2) is 36.4 Å². The van der Waals surface area contributed by atoms with E-state index in [4.69, 9.17) is 11.6 Å². The first-order valence-corrected chi connectivity index (χ1v) is 13.1. The second kappa shape index (κ2) is 11.9. The lowest BCUT2D eigenvalue weighted by atomic mass is 9.83. The largest absolute Gasteiger partial charge is 0.384 e. The molecule has 0 spiro atoms. The third kappa shape index (κ3) is 6.19. The van der Waals surface area contributed by atoms with E-state index in [-0.39, 0.29) is 35.4 Å². The van der Waals surface area contributed by atoms with Crippen LogP contribution in [0, 0.1) is 11.7 Å². The van der Waals surface area contributed by atoms with Crippen molar-refractivity contribution >= 4 is 29.1 Å². The Bertz CT molecular complexity index is 1090. The van der Waals surface area contributed by atoms with Gasteiger partial charge in [-0.15, -0.1) is 0 Å². The van der Waals surface area contributed by atoms with Crippen LogP contribution in [0.5, 0.6) is 0 Å². The minimum atomic E-state index is -0.562. The van der Waals surface area contributed by atoms with Gasteiger partial charge in [0.1, 0.15) is 23.5 Å². The summed E-state index contributed by atoms with van der Waals surface area (Å²) in [5, 5.41) is 7.38. The van der Waals surface area contributed by atoms with Gasteiger partial charge in [-0.25, -0.2) is 15.2 Å². The van der Waals surface area contributed by atoms with Crippen molar-refractivity contribution in [1.29, 1.82) is 0 Å². The van der Waals surface area contributed by atoms with Crippen LogP contribution in [-0.2, 0) is 9.59 Å². The number of nitrogens with two attached hydrogens (primary N) is 2. The molecule has 1 saturated carbocycles. The molecule has 37 heavy (non-hydrogen) atoms. The Morgan fingerprint density at radius 3 is 2.49 bits per heavy atom. The molecule has 3 atom stereocenters. The molecule has 2 fully saturated rings. The fraction of sp³-hybridized carbons (Fsp3) is 0.519. The average molecular weight is 512 g/mol. The fourth-order valence-electron chi connectivity index (χ4n) is 5.42. The van der Waals surface area contributed by atoms with Crippen molar-refractivity contribution in [2.45, 2.75) is 70.0 Å². The molecule has 2 unspecified atom stereocenters. The number of hydrogen-bond donors (Lipinski definition) is 4. The van der Waals surface area contributed by atoms with E-state index in [0.717, 1.165) is 50.5 Å². The maximum absolute atomic E-state index is 14.0. The molecular formula is C27H38FN7O2. The molecule has 2 aromatic rings. The molecule has 10 heteroatoms. The summed E-state index contributed by atoms with van der Waals surface area (Å²) < 4.78 is 13.4. The molecule has 2 aliphatic rings. The molecule has 1 aromatic heterocycles. The van der Waals surface area contributed by atoms with E-state index in [1.807, 2.05) is 11.0 Å². The van der Waals surface area contributed by atoms with Crippen molar-refractivity contribution < 1.29 is 14.0 Å². The van der Waals surface area contributed by atoms with Gasteiger partial charge in [0.05, 0.1) is 17.8 Å². The number of likely N-dealkylation sites (N-methyl/N-ethyl adjacent to an activating group) is 1. The number of pyridine rings is 1. The SMILES string of the molecule is CNC(C)C(=O)N[C@H](C(=O)N1CCCC1c1cc(N)nc(N(N)c2ccc(F)cc2)c1)C1CCCCC1. The van der Waals surface area contributed by atoms with Gasteiger partial charge in [-0.3, -0.25) is 14.6 Å². The molecule has 200 valence electrons. The van der Waals surface area contributed by atoms with Crippen molar-refractivity contribution in [3.63, 3.8) is 0 Å². The molecular weight excluding hydrogens is 473 g/mol. The Morgan fingerprint density at radius 2 is 1.81 bits per heavy atom. The minimum absolute atomic E-state index is 0.0499. The Balaban J connectivity index is 1.60. The van der Waals surface area contributed by atoms with Gasteiger partial charge in [-0.1, -0.05) is 19.3 Å². The van der Waals surface area contributed by atoms with Crippen LogP contribution in [0.2, 0.25) is 0 Å². The van der Waals surface area contributed by atoms with Crippen LogP contribution in [-0.4, -0.2) is 47.4 Å². The second-order valence-electron chi connectivity index (χ2n) is 10.1. The predicted molar refractivity (Wildman–Crippen MR) is 142 cm³/mol. The number of benzene rings is 1. The molecule has 6 N–H and O–H groups in total. The molecule has 1 saturated heterocycles. The highest BCUT2D eigenvalue weighted by molar-refractivity contribution is 5.90. The van der Waals surface area contributed by atoms with E-state index in [1.165, 1.54) is 17.1 Å². The van der Waals surface area contributed by atoms with Gasteiger partial charge in [0.25, 0.3) is 0 Å². The quantitative estimate of drug-likeness (QED) is 0.316. The topological polar surface area (TPSA) is 130 Å². The van der Waals surface area contributed by atoms with Crippen molar-refractivity contribution in [2.24, 2.45) is 11.8 Å². The second-order valence-corrected chi connectivity index (χ2v) is 10.1. The van der Waals surface area contributed by atoms with E-state index in [0.29, 0.717) is 18.1 Å². The maximum atomic E-state index is 14.0. The summed E-state index contributed by atoms with van der Waals surface area (Å²) >= 11 is 0. The summed E-state index contributed by atoms with van der Waals surface area (Å²) in [6.45, 7) is 2.39. The number of carbonyl (C=O) groups is 2. The zero-order chi connectivity index (χ0) is 26.5. The Morgan fingerprint density at radius 1 is 1.11 bits per heavy atom. The fourth-order valence-corrected chi connectivity index (χ4v) is 5.42. The number of amides is 2. The van der Waals surface area contributed by atoms with E-state index >= 15 is 0 Å². The van der Waals surface area contributed by atoms with Crippen molar-refractivity contribution in [2.75, 3.05) is 24.3 Å². The highest BCUT2D eigenvalue weighted by atomic mass is 19.1. The molecule has 9 nitrogen and oxygen atoms in total. The Labute approximate surface area is 217 Å². The Kier molecular flexibility index (Phi) is 8.60. The van der Waals surface area contributed by atoms with Gasteiger partial charge < -0.3 is 21.3 Å². The first-order chi connectivity index (χ1) is 17.8. The van der Waals surface area contributed by atoms with Crippen LogP contribution < -0.4 is 27.2 Å². The number of likely N-dealkylation sites (tertiary alicyclic amines) is 1.